The molecule has 3 rings (SSSR count). The fraction of sp³-hybridized carbons (Fsp3) is 0.381. The predicted octanol–water partition coefficient (Wildman–Crippen LogP) is 1.57. The molecule has 29 heavy (non-hydrogen) atoms. The van der Waals surface area contributed by atoms with E-state index < -0.39 is 41.8 Å². The zero-order chi connectivity index (χ0) is 21.0. The van der Waals surface area contributed by atoms with Crippen molar-refractivity contribution >= 4 is 5.91 Å². The maximum atomic E-state index is 13.4. The molecule has 2 aromatic carbocycles. The first-order valence-corrected chi connectivity index (χ1v) is 9.37. The highest BCUT2D eigenvalue weighted by molar-refractivity contribution is 5.94. The number of hydrogen-bond donors (Lipinski definition) is 3. The number of rotatable bonds is 7. The van der Waals surface area contributed by atoms with Gasteiger partial charge in [0.1, 0.15) is 29.6 Å². The molecule has 3 N–H and O–H groups in total. The van der Waals surface area contributed by atoms with E-state index in [2.05, 4.69) is 5.32 Å². The Morgan fingerprint density at radius 1 is 1.21 bits per heavy atom. The van der Waals surface area contributed by atoms with Gasteiger partial charge in [-0.05, 0) is 37.4 Å². The summed E-state index contributed by atoms with van der Waals surface area (Å²) >= 11 is 0. The van der Waals surface area contributed by atoms with Gasteiger partial charge in [-0.3, -0.25) is 9.69 Å². The molecule has 0 unspecified atom stereocenters. The Morgan fingerprint density at radius 2 is 1.90 bits per heavy atom. The van der Waals surface area contributed by atoms with Crippen LogP contribution in [-0.2, 0) is 0 Å². The minimum Gasteiger partial charge on any atom is -0.487 e. The number of aliphatic hydroxyl groups excluding tert-OH is 2. The van der Waals surface area contributed by atoms with Crippen LogP contribution in [0, 0.1) is 11.6 Å². The molecule has 0 aliphatic heterocycles. The molecule has 1 fully saturated rings. The van der Waals surface area contributed by atoms with Gasteiger partial charge in [-0.15, -0.1) is 0 Å². The van der Waals surface area contributed by atoms with Crippen molar-refractivity contribution in [1.82, 2.24) is 10.2 Å². The standard InChI is InChI=1S/C21H24F2N2O4/c1-25(8-9-26)19-17(24-21(28)13-4-2-5-14(22)10-13)12-18(20(19)27)29-16-7-3-6-15(23)11-16/h2-7,10-11,17-20,26-27H,8-9,12H2,1H3,(H,24,28)/t17-,18-,19+,20+/m1/s1. The van der Waals surface area contributed by atoms with E-state index in [0.717, 1.165) is 6.07 Å². The van der Waals surface area contributed by atoms with E-state index in [9.17, 15) is 23.8 Å². The molecule has 1 aliphatic rings. The third kappa shape index (κ3) is 5.09. The van der Waals surface area contributed by atoms with Gasteiger partial charge in [0.05, 0.1) is 18.7 Å². The summed E-state index contributed by atoms with van der Waals surface area (Å²) in [5.74, 6) is -1.18. The molecule has 0 saturated heterocycles. The molecule has 0 aromatic heterocycles. The number of halogens is 2. The topological polar surface area (TPSA) is 82.0 Å². The number of ether oxygens (including phenoxy) is 1. The monoisotopic (exact) mass is 406 g/mol. The number of aliphatic hydroxyl groups is 2. The van der Waals surface area contributed by atoms with Crippen LogP contribution in [0.1, 0.15) is 16.8 Å². The number of likely N-dealkylation sites (N-methyl/N-ethyl adjacent to an activating group) is 1. The SMILES string of the molecule is CN(CCO)[C@@H]1[C@@H](O)[C@H](Oc2cccc(F)c2)C[C@H]1NC(=O)c1cccc(F)c1. The van der Waals surface area contributed by atoms with E-state index in [0.29, 0.717) is 0 Å². The van der Waals surface area contributed by atoms with E-state index in [-0.39, 0.29) is 30.9 Å². The number of carbonyl (C=O) groups is 1. The summed E-state index contributed by atoms with van der Waals surface area (Å²) in [5.41, 5.74) is 0.164. The molecular weight excluding hydrogens is 382 g/mol. The third-order valence-corrected chi connectivity index (χ3v) is 5.08. The molecule has 2 aromatic rings. The summed E-state index contributed by atoms with van der Waals surface area (Å²) in [6.07, 6.45) is -1.42. The summed E-state index contributed by atoms with van der Waals surface area (Å²) in [7, 11) is 1.72. The second kappa shape index (κ2) is 9.30. The van der Waals surface area contributed by atoms with Crippen LogP contribution in [0.25, 0.3) is 0 Å². The van der Waals surface area contributed by atoms with E-state index >= 15 is 0 Å². The molecule has 0 heterocycles. The molecule has 1 amide bonds. The maximum absolute atomic E-state index is 13.4. The first kappa shape index (κ1) is 21.2. The first-order valence-electron chi connectivity index (χ1n) is 9.37. The predicted molar refractivity (Wildman–Crippen MR) is 103 cm³/mol. The van der Waals surface area contributed by atoms with Crippen LogP contribution in [0.5, 0.6) is 5.75 Å². The van der Waals surface area contributed by atoms with Gasteiger partial charge in [0, 0.05) is 24.6 Å². The number of carbonyl (C=O) groups excluding carboxylic acids is 1. The van der Waals surface area contributed by atoms with E-state index in [1.165, 1.54) is 36.4 Å². The lowest BCUT2D eigenvalue weighted by molar-refractivity contribution is 0.0109. The van der Waals surface area contributed by atoms with Crippen LogP contribution in [0.15, 0.2) is 48.5 Å². The second-order valence-corrected chi connectivity index (χ2v) is 7.13. The molecular formula is C21H24F2N2O4. The normalized spacial score (nSPS) is 23.9. The van der Waals surface area contributed by atoms with Crippen molar-refractivity contribution < 1.29 is 28.5 Å². The van der Waals surface area contributed by atoms with Gasteiger partial charge in [0.2, 0.25) is 0 Å². The van der Waals surface area contributed by atoms with Crippen LogP contribution in [0.2, 0.25) is 0 Å². The van der Waals surface area contributed by atoms with Gasteiger partial charge in [-0.2, -0.15) is 0 Å². The lowest BCUT2D eigenvalue weighted by Gasteiger charge is -2.31. The molecule has 6 nitrogen and oxygen atoms in total. The molecule has 1 aliphatic carbocycles. The summed E-state index contributed by atoms with van der Waals surface area (Å²) in [6.45, 7) is 0.153. The Hall–Kier alpha value is -2.55. The molecule has 0 spiro atoms. The highest BCUT2D eigenvalue weighted by Crippen LogP contribution is 2.29. The van der Waals surface area contributed by atoms with Crippen molar-refractivity contribution in [3.8, 4) is 5.75 Å². The van der Waals surface area contributed by atoms with Gasteiger partial charge in [0.25, 0.3) is 5.91 Å². The zero-order valence-electron chi connectivity index (χ0n) is 16.0. The van der Waals surface area contributed by atoms with Gasteiger partial charge < -0.3 is 20.3 Å². The molecule has 1 saturated carbocycles. The lowest BCUT2D eigenvalue weighted by Crippen LogP contribution is -2.52. The number of amides is 1. The third-order valence-electron chi connectivity index (χ3n) is 5.08. The highest BCUT2D eigenvalue weighted by atomic mass is 19.1. The quantitative estimate of drug-likeness (QED) is 0.650. The summed E-state index contributed by atoms with van der Waals surface area (Å²) in [5, 5.41) is 22.9. The summed E-state index contributed by atoms with van der Waals surface area (Å²) in [4.78, 5) is 14.3. The number of benzene rings is 2. The van der Waals surface area contributed by atoms with Crippen molar-refractivity contribution in [2.24, 2.45) is 0 Å². The molecule has 4 atom stereocenters. The average Bonchev–Trinajstić information content (AvgIpc) is 2.97. The molecule has 0 bridgehead atoms. The van der Waals surface area contributed by atoms with Gasteiger partial charge in [-0.1, -0.05) is 12.1 Å². The van der Waals surface area contributed by atoms with Crippen molar-refractivity contribution in [2.75, 3.05) is 20.2 Å². The fourth-order valence-electron chi connectivity index (χ4n) is 3.72. The highest BCUT2D eigenvalue weighted by Gasteiger charge is 2.46. The lowest BCUT2D eigenvalue weighted by atomic mass is 10.1. The summed E-state index contributed by atoms with van der Waals surface area (Å²) in [6, 6.07) is 9.86. The van der Waals surface area contributed by atoms with Crippen LogP contribution in [0.3, 0.4) is 0 Å². The Labute approximate surface area is 167 Å². The average molecular weight is 406 g/mol. The zero-order valence-corrected chi connectivity index (χ0v) is 16.0. The Balaban J connectivity index is 1.78. The number of hydrogen-bond acceptors (Lipinski definition) is 5. The van der Waals surface area contributed by atoms with Crippen molar-refractivity contribution in [3.63, 3.8) is 0 Å². The smallest absolute Gasteiger partial charge is 0.251 e. The summed E-state index contributed by atoms with van der Waals surface area (Å²) < 4.78 is 32.7. The Kier molecular flexibility index (Phi) is 6.79. The van der Waals surface area contributed by atoms with Gasteiger partial charge in [0.15, 0.2) is 0 Å². The van der Waals surface area contributed by atoms with Crippen molar-refractivity contribution in [3.05, 3.63) is 65.7 Å². The molecule has 0 radical (unpaired) electrons. The van der Waals surface area contributed by atoms with Crippen molar-refractivity contribution in [1.29, 1.82) is 0 Å². The van der Waals surface area contributed by atoms with E-state index in [1.807, 2.05) is 0 Å². The Bertz CT molecular complexity index is 851. The first-order chi connectivity index (χ1) is 13.9. The van der Waals surface area contributed by atoms with Crippen LogP contribution >= 0.6 is 0 Å². The van der Waals surface area contributed by atoms with Gasteiger partial charge >= 0.3 is 0 Å². The van der Waals surface area contributed by atoms with Gasteiger partial charge in [-0.25, -0.2) is 8.78 Å². The fourth-order valence-corrected chi connectivity index (χ4v) is 3.72. The van der Waals surface area contributed by atoms with Crippen molar-refractivity contribution in [2.45, 2.75) is 30.7 Å². The maximum Gasteiger partial charge on any atom is 0.251 e. The second-order valence-electron chi connectivity index (χ2n) is 7.13. The van der Waals surface area contributed by atoms with E-state index in [4.69, 9.17) is 4.74 Å². The molecule has 156 valence electrons. The largest absolute Gasteiger partial charge is 0.487 e. The number of nitrogens with one attached hydrogen (secondary N) is 1. The van der Waals surface area contributed by atoms with Crippen LogP contribution < -0.4 is 10.1 Å². The minimum atomic E-state index is -0.993. The number of nitrogens with zero attached hydrogens (tertiary/aromatic N) is 1. The minimum absolute atomic E-state index is 0.125. The Morgan fingerprint density at radius 3 is 2.55 bits per heavy atom. The van der Waals surface area contributed by atoms with E-state index in [1.54, 1.807) is 18.0 Å². The van der Waals surface area contributed by atoms with Crippen LogP contribution in [-0.4, -0.2) is 65.5 Å². The van der Waals surface area contributed by atoms with Crippen LogP contribution in [0.4, 0.5) is 8.78 Å². The molecule has 8 heteroatoms.